The van der Waals surface area contributed by atoms with Gasteiger partial charge in [0, 0.05) is 16.1 Å². The highest BCUT2D eigenvalue weighted by Gasteiger charge is 2.12. The van der Waals surface area contributed by atoms with Crippen LogP contribution in [0.4, 0.5) is 5.82 Å². The number of nitrogen functional groups attached to an aromatic ring is 1. The molecule has 0 aliphatic carbocycles. The van der Waals surface area contributed by atoms with E-state index in [0.717, 1.165) is 27.0 Å². The van der Waals surface area contributed by atoms with Crippen molar-refractivity contribution in [3.05, 3.63) is 64.1 Å². The van der Waals surface area contributed by atoms with E-state index in [4.69, 9.17) is 5.73 Å². The molecule has 3 nitrogen and oxygen atoms in total. The van der Waals surface area contributed by atoms with Crippen LogP contribution in [0.3, 0.4) is 0 Å². The fraction of sp³-hybridized carbons (Fsp3) is 0.118. The second-order valence-corrected chi connectivity index (χ2v) is 5.99. The van der Waals surface area contributed by atoms with Gasteiger partial charge in [0.25, 0.3) is 0 Å². The third kappa shape index (κ3) is 2.59. The van der Waals surface area contributed by atoms with Crippen molar-refractivity contribution in [1.82, 2.24) is 9.78 Å². The number of aryl methyl sites for hydroxylation is 2. The van der Waals surface area contributed by atoms with Gasteiger partial charge < -0.3 is 5.73 Å². The van der Waals surface area contributed by atoms with E-state index in [9.17, 15) is 0 Å². The maximum atomic E-state index is 6.16. The van der Waals surface area contributed by atoms with E-state index < -0.39 is 0 Å². The molecule has 0 spiro atoms. The highest BCUT2D eigenvalue weighted by molar-refractivity contribution is 9.10. The van der Waals surface area contributed by atoms with Gasteiger partial charge in [-0.3, -0.25) is 0 Å². The summed E-state index contributed by atoms with van der Waals surface area (Å²) < 4.78 is 2.81. The van der Waals surface area contributed by atoms with Crippen molar-refractivity contribution in [2.45, 2.75) is 13.8 Å². The Balaban J connectivity index is 2.15. The number of hydrogen-bond donors (Lipinski definition) is 1. The molecule has 21 heavy (non-hydrogen) atoms. The van der Waals surface area contributed by atoms with Crippen molar-refractivity contribution in [1.29, 1.82) is 0 Å². The van der Waals surface area contributed by atoms with Crippen LogP contribution >= 0.6 is 15.9 Å². The summed E-state index contributed by atoms with van der Waals surface area (Å²) in [6.07, 6.45) is 0. The molecule has 0 unspecified atom stereocenters. The van der Waals surface area contributed by atoms with E-state index >= 15 is 0 Å². The SMILES string of the molecule is Cc1ccc(C)c(-n2nc(-c3ccccc3Br)cc2N)c1. The van der Waals surface area contributed by atoms with Crippen LogP contribution in [0.5, 0.6) is 0 Å². The molecule has 1 aromatic heterocycles. The smallest absolute Gasteiger partial charge is 0.127 e. The lowest BCUT2D eigenvalue weighted by Crippen LogP contribution is -2.04. The van der Waals surface area contributed by atoms with Crippen molar-refractivity contribution >= 4 is 21.7 Å². The second-order valence-electron chi connectivity index (χ2n) is 5.14. The molecule has 0 amide bonds. The van der Waals surface area contributed by atoms with Crippen LogP contribution in [0.1, 0.15) is 11.1 Å². The Hall–Kier alpha value is -2.07. The summed E-state index contributed by atoms with van der Waals surface area (Å²) in [6, 6.07) is 16.2. The van der Waals surface area contributed by atoms with E-state index in [1.807, 2.05) is 30.3 Å². The predicted molar refractivity (Wildman–Crippen MR) is 90.6 cm³/mol. The Morgan fingerprint density at radius 2 is 1.81 bits per heavy atom. The van der Waals surface area contributed by atoms with Gasteiger partial charge in [0.2, 0.25) is 0 Å². The Bertz CT molecular complexity index is 806. The van der Waals surface area contributed by atoms with Crippen molar-refractivity contribution in [2.24, 2.45) is 0 Å². The maximum absolute atomic E-state index is 6.16. The predicted octanol–water partition coefficient (Wildman–Crippen LogP) is 4.50. The number of nitrogens with zero attached hydrogens (tertiary/aromatic N) is 2. The minimum absolute atomic E-state index is 0.634. The summed E-state index contributed by atoms with van der Waals surface area (Å²) in [5.74, 6) is 0.634. The molecular formula is C17H16BrN3. The van der Waals surface area contributed by atoms with Crippen LogP contribution in [0.15, 0.2) is 53.0 Å². The Morgan fingerprint density at radius 1 is 1.05 bits per heavy atom. The van der Waals surface area contributed by atoms with Crippen LogP contribution in [0.2, 0.25) is 0 Å². The van der Waals surface area contributed by atoms with Gasteiger partial charge in [-0.2, -0.15) is 5.10 Å². The van der Waals surface area contributed by atoms with Gasteiger partial charge >= 0.3 is 0 Å². The van der Waals surface area contributed by atoms with E-state index in [0.29, 0.717) is 5.82 Å². The molecule has 0 bridgehead atoms. The molecule has 106 valence electrons. The first kappa shape index (κ1) is 13.9. The van der Waals surface area contributed by atoms with Crippen molar-refractivity contribution in [3.63, 3.8) is 0 Å². The molecule has 0 radical (unpaired) electrons. The van der Waals surface area contributed by atoms with Gasteiger partial charge in [0.1, 0.15) is 5.82 Å². The zero-order valence-corrected chi connectivity index (χ0v) is 13.6. The van der Waals surface area contributed by atoms with E-state index in [-0.39, 0.29) is 0 Å². The lowest BCUT2D eigenvalue weighted by Gasteiger charge is -2.08. The van der Waals surface area contributed by atoms with Crippen LogP contribution < -0.4 is 5.73 Å². The summed E-state index contributed by atoms with van der Waals surface area (Å²) in [5.41, 5.74) is 11.4. The summed E-state index contributed by atoms with van der Waals surface area (Å²) in [7, 11) is 0. The average molecular weight is 342 g/mol. The third-order valence-electron chi connectivity index (χ3n) is 3.48. The third-order valence-corrected chi connectivity index (χ3v) is 4.17. The fourth-order valence-electron chi connectivity index (χ4n) is 2.34. The zero-order valence-electron chi connectivity index (χ0n) is 12.0. The lowest BCUT2D eigenvalue weighted by molar-refractivity contribution is 0.885. The topological polar surface area (TPSA) is 43.8 Å². The lowest BCUT2D eigenvalue weighted by atomic mass is 10.1. The Kier molecular flexibility index (Phi) is 3.55. The first-order chi connectivity index (χ1) is 10.1. The minimum Gasteiger partial charge on any atom is -0.384 e. The molecule has 0 atom stereocenters. The van der Waals surface area contributed by atoms with Gasteiger partial charge in [-0.15, -0.1) is 0 Å². The first-order valence-electron chi connectivity index (χ1n) is 6.74. The quantitative estimate of drug-likeness (QED) is 0.745. The number of nitrogens with two attached hydrogens (primary N) is 1. The number of rotatable bonds is 2. The molecular weight excluding hydrogens is 326 g/mol. The van der Waals surface area contributed by atoms with E-state index in [2.05, 4.69) is 53.1 Å². The van der Waals surface area contributed by atoms with Crippen molar-refractivity contribution < 1.29 is 0 Å². The van der Waals surface area contributed by atoms with E-state index in [1.54, 1.807) is 4.68 Å². The monoisotopic (exact) mass is 341 g/mol. The standard InChI is InChI=1S/C17H16BrN3/c1-11-7-8-12(2)16(9-11)21-17(19)10-15(20-21)13-5-3-4-6-14(13)18/h3-10H,19H2,1-2H3. The maximum Gasteiger partial charge on any atom is 0.127 e. The average Bonchev–Trinajstić information content (AvgIpc) is 2.84. The first-order valence-corrected chi connectivity index (χ1v) is 7.53. The number of halogens is 1. The van der Waals surface area contributed by atoms with Gasteiger partial charge in [0.05, 0.1) is 11.4 Å². The van der Waals surface area contributed by atoms with Crippen molar-refractivity contribution in [3.8, 4) is 16.9 Å². The zero-order chi connectivity index (χ0) is 15.0. The molecule has 0 aliphatic rings. The van der Waals surface area contributed by atoms with Crippen molar-refractivity contribution in [2.75, 3.05) is 5.73 Å². The van der Waals surface area contributed by atoms with Crippen LogP contribution in [-0.4, -0.2) is 9.78 Å². The number of anilines is 1. The minimum atomic E-state index is 0.634. The molecule has 2 N–H and O–H groups in total. The number of aromatic nitrogens is 2. The summed E-state index contributed by atoms with van der Waals surface area (Å²) in [4.78, 5) is 0. The molecule has 2 aromatic carbocycles. The molecule has 3 aromatic rings. The largest absolute Gasteiger partial charge is 0.384 e. The fourth-order valence-corrected chi connectivity index (χ4v) is 2.82. The summed E-state index contributed by atoms with van der Waals surface area (Å²) >= 11 is 3.56. The summed E-state index contributed by atoms with van der Waals surface area (Å²) in [5, 5.41) is 4.67. The van der Waals surface area contributed by atoms with E-state index in [1.165, 1.54) is 5.56 Å². The molecule has 0 fully saturated rings. The highest BCUT2D eigenvalue weighted by atomic mass is 79.9. The second kappa shape index (κ2) is 5.37. The Morgan fingerprint density at radius 3 is 2.57 bits per heavy atom. The summed E-state index contributed by atoms with van der Waals surface area (Å²) in [6.45, 7) is 4.13. The van der Waals surface area contributed by atoms with Crippen LogP contribution in [-0.2, 0) is 0 Å². The Labute approximate surface area is 132 Å². The van der Waals surface area contributed by atoms with Gasteiger partial charge in [-0.25, -0.2) is 4.68 Å². The molecule has 0 saturated carbocycles. The molecule has 3 rings (SSSR count). The number of hydrogen-bond acceptors (Lipinski definition) is 2. The molecule has 1 heterocycles. The highest BCUT2D eigenvalue weighted by Crippen LogP contribution is 2.29. The number of benzene rings is 2. The van der Waals surface area contributed by atoms with Crippen LogP contribution in [0.25, 0.3) is 16.9 Å². The molecule has 0 aliphatic heterocycles. The molecule has 0 saturated heterocycles. The van der Waals surface area contributed by atoms with Gasteiger partial charge in [-0.05, 0) is 37.1 Å². The molecule has 4 heteroatoms. The van der Waals surface area contributed by atoms with Gasteiger partial charge in [0.15, 0.2) is 0 Å². The normalized spacial score (nSPS) is 10.8. The van der Waals surface area contributed by atoms with Crippen LogP contribution in [0, 0.1) is 13.8 Å². The van der Waals surface area contributed by atoms with Gasteiger partial charge in [-0.1, -0.05) is 46.3 Å².